The molecule has 1 fully saturated rings. The average molecular weight is 239 g/mol. The fourth-order valence-electron chi connectivity index (χ4n) is 2.16. The van der Waals surface area contributed by atoms with E-state index < -0.39 is 0 Å². The molecular weight excluding hydrogens is 222 g/mol. The highest BCUT2D eigenvalue weighted by Gasteiger charge is 2.25. The zero-order chi connectivity index (χ0) is 11.4. The highest BCUT2D eigenvalue weighted by Crippen LogP contribution is 2.27. The van der Waals surface area contributed by atoms with Crippen molar-refractivity contribution in [1.82, 2.24) is 14.9 Å². The van der Waals surface area contributed by atoms with Crippen LogP contribution in [0.1, 0.15) is 25.7 Å². The van der Waals surface area contributed by atoms with Crippen LogP contribution in [0.3, 0.4) is 0 Å². The first-order valence-electron chi connectivity index (χ1n) is 5.63. The van der Waals surface area contributed by atoms with Crippen LogP contribution in [0.25, 0.3) is 0 Å². The van der Waals surface area contributed by atoms with Gasteiger partial charge in [0.2, 0.25) is 0 Å². The fourth-order valence-corrected chi connectivity index (χ4v) is 3.09. The first-order chi connectivity index (χ1) is 7.81. The standard InChI is InChI=1S/C11H17N3OS/c1-16-10-5-3-2-4-9(10)13-11(15)14-7-6-12-8-14/h6-10H,2-5H2,1H3,(H,13,15). The number of carbonyl (C=O) groups is 1. The second kappa shape index (κ2) is 5.39. The highest BCUT2D eigenvalue weighted by atomic mass is 32.2. The van der Waals surface area contributed by atoms with E-state index in [1.165, 1.54) is 30.2 Å². The van der Waals surface area contributed by atoms with Crippen LogP contribution in [-0.2, 0) is 0 Å². The molecule has 2 unspecified atom stereocenters. The second-order valence-electron chi connectivity index (χ2n) is 4.08. The summed E-state index contributed by atoms with van der Waals surface area (Å²) < 4.78 is 1.49. The molecule has 5 heteroatoms. The van der Waals surface area contributed by atoms with Gasteiger partial charge < -0.3 is 5.32 Å². The second-order valence-corrected chi connectivity index (χ2v) is 5.16. The Bertz CT molecular complexity index is 339. The minimum atomic E-state index is -0.0662. The molecule has 0 bridgehead atoms. The molecule has 1 aliphatic rings. The molecule has 1 amide bonds. The smallest absolute Gasteiger partial charge is 0.327 e. The average Bonchev–Trinajstić information content (AvgIpc) is 2.83. The molecule has 88 valence electrons. The van der Waals surface area contributed by atoms with Crippen molar-refractivity contribution in [3.05, 3.63) is 18.7 Å². The maximum Gasteiger partial charge on any atom is 0.327 e. The number of carbonyl (C=O) groups excluding carboxylic acids is 1. The van der Waals surface area contributed by atoms with Gasteiger partial charge in [0.05, 0.1) is 0 Å². The highest BCUT2D eigenvalue weighted by molar-refractivity contribution is 7.99. The lowest BCUT2D eigenvalue weighted by Gasteiger charge is -2.30. The van der Waals surface area contributed by atoms with Gasteiger partial charge in [-0.3, -0.25) is 4.57 Å². The quantitative estimate of drug-likeness (QED) is 0.860. The monoisotopic (exact) mass is 239 g/mol. The van der Waals surface area contributed by atoms with Gasteiger partial charge in [-0.15, -0.1) is 0 Å². The summed E-state index contributed by atoms with van der Waals surface area (Å²) in [4.78, 5) is 15.7. The van der Waals surface area contributed by atoms with Crippen LogP contribution in [0, 0.1) is 0 Å². The third-order valence-corrected chi connectivity index (χ3v) is 4.22. The Morgan fingerprint density at radius 2 is 2.31 bits per heavy atom. The van der Waals surface area contributed by atoms with Crippen molar-refractivity contribution >= 4 is 17.8 Å². The van der Waals surface area contributed by atoms with E-state index in [1.54, 1.807) is 12.4 Å². The normalized spacial score (nSPS) is 25.3. The van der Waals surface area contributed by atoms with Crippen LogP contribution >= 0.6 is 11.8 Å². The van der Waals surface area contributed by atoms with Crippen molar-refractivity contribution in [2.45, 2.75) is 37.0 Å². The van der Waals surface area contributed by atoms with Crippen molar-refractivity contribution in [3.63, 3.8) is 0 Å². The van der Waals surface area contributed by atoms with E-state index in [2.05, 4.69) is 16.6 Å². The predicted octanol–water partition coefficient (Wildman–Crippen LogP) is 2.12. The Hall–Kier alpha value is -0.970. The van der Waals surface area contributed by atoms with Gasteiger partial charge in [0.1, 0.15) is 6.33 Å². The summed E-state index contributed by atoms with van der Waals surface area (Å²) in [6.45, 7) is 0. The molecule has 0 spiro atoms. The zero-order valence-electron chi connectivity index (χ0n) is 9.43. The number of hydrogen-bond donors (Lipinski definition) is 1. The molecular formula is C11H17N3OS. The maximum absolute atomic E-state index is 11.8. The number of nitrogens with one attached hydrogen (secondary N) is 1. The summed E-state index contributed by atoms with van der Waals surface area (Å²) >= 11 is 1.85. The number of amides is 1. The molecule has 0 radical (unpaired) electrons. The van der Waals surface area contributed by atoms with Gasteiger partial charge in [-0.2, -0.15) is 11.8 Å². The van der Waals surface area contributed by atoms with Gasteiger partial charge >= 0.3 is 6.03 Å². The van der Waals surface area contributed by atoms with Crippen molar-refractivity contribution < 1.29 is 4.79 Å². The van der Waals surface area contributed by atoms with Gasteiger partial charge in [0, 0.05) is 23.7 Å². The van der Waals surface area contributed by atoms with Gasteiger partial charge in [-0.05, 0) is 19.1 Å². The van der Waals surface area contributed by atoms with Gasteiger partial charge in [0.15, 0.2) is 0 Å². The van der Waals surface area contributed by atoms with Crippen LogP contribution in [0.4, 0.5) is 4.79 Å². The Morgan fingerprint density at radius 3 is 3.00 bits per heavy atom. The SMILES string of the molecule is CSC1CCCCC1NC(=O)n1ccnc1. The Labute approximate surface area is 99.8 Å². The number of thioether (sulfide) groups is 1. The van der Waals surface area contributed by atoms with E-state index in [1.807, 2.05) is 11.8 Å². The number of hydrogen-bond acceptors (Lipinski definition) is 3. The summed E-state index contributed by atoms with van der Waals surface area (Å²) in [5.41, 5.74) is 0. The molecule has 1 N–H and O–H groups in total. The third-order valence-electron chi connectivity index (χ3n) is 3.05. The van der Waals surface area contributed by atoms with Crippen molar-refractivity contribution in [2.75, 3.05) is 6.26 Å². The number of aromatic nitrogens is 2. The molecule has 16 heavy (non-hydrogen) atoms. The Morgan fingerprint density at radius 1 is 1.50 bits per heavy atom. The lowest BCUT2D eigenvalue weighted by Crippen LogP contribution is -2.45. The van der Waals surface area contributed by atoms with Crippen molar-refractivity contribution in [3.8, 4) is 0 Å². The molecule has 4 nitrogen and oxygen atoms in total. The van der Waals surface area contributed by atoms with E-state index in [-0.39, 0.29) is 6.03 Å². The van der Waals surface area contributed by atoms with Gasteiger partial charge in [0.25, 0.3) is 0 Å². The molecule has 2 rings (SSSR count). The minimum Gasteiger partial charge on any atom is -0.334 e. The summed E-state index contributed by atoms with van der Waals surface area (Å²) in [7, 11) is 0. The lowest BCUT2D eigenvalue weighted by atomic mass is 9.95. The molecule has 1 aromatic heterocycles. The summed E-state index contributed by atoms with van der Waals surface area (Å²) in [6.07, 6.45) is 11.7. The molecule has 2 atom stereocenters. The molecule has 0 aliphatic heterocycles. The third kappa shape index (κ3) is 2.58. The summed E-state index contributed by atoms with van der Waals surface area (Å²) in [6, 6.07) is 0.238. The van der Waals surface area contributed by atoms with Crippen molar-refractivity contribution in [1.29, 1.82) is 0 Å². The van der Waals surface area contributed by atoms with Crippen molar-refractivity contribution in [2.24, 2.45) is 0 Å². The summed E-state index contributed by atoms with van der Waals surface area (Å²) in [5, 5.41) is 3.64. The Kier molecular flexibility index (Phi) is 3.88. The first-order valence-corrected chi connectivity index (χ1v) is 6.91. The molecule has 0 aromatic carbocycles. The lowest BCUT2D eigenvalue weighted by molar-refractivity contribution is 0.235. The van der Waals surface area contributed by atoms with E-state index in [4.69, 9.17) is 0 Å². The first kappa shape index (κ1) is 11.5. The molecule has 1 aliphatic carbocycles. The van der Waals surface area contributed by atoms with E-state index in [0.717, 1.165) is 6.42 Å². The van der Waals surface area contributed by atoms with Crippen LogP contribution in [0.2, 0.25) is 0 Å². The van der Waals surface area contributed by atoms with Gasteiger partial charge in [-0.25, -0.2) is 9.78 Å². The summed E-state index contributed by atoms with van der Waals surface area (Å²) in [5.74, 6) is 0. The molecule has 0 saturated heterocycles. The fraction of sp³-hybridized carbons (Fsp3) is 0.636. The van der Waals surface area contributed by atoms with Crippen LogP contribution < -0.4 is 5.32 Å². The van der Waals surface area contributed by atoms with E-state index in [0.29, 0.717) is 11.3 Å². The minimum absolute atomic E-state index is 0.0662. The number of imidazole rings is 1. The molecule has 1 heterocycles. The largest absolute Gasteiger partial charge is 0.334 e. The topological polar surface area (TPSA) is 46.9 Å². The molecule has 1 saturated carbocycles. The van der Waals surface area contributed by atoms with Gasteiger partial charge in [-0.1, -0.05) is 12.8 Å². The Balaban J connectivity index is 1.95. The van der Waals surface area contributed by atoms with Crippen LogP contribution in [-0.4, -0.2) is 33.1 Å². The van der Waals surface area contributed by atoms with Crippen LogP contribution in [0.5, 0.6) is 0 Å². The van der Waals surface area contributed by atoms with E-state index in [9.17, 15) is 4.79 Å². The maximum atomic E-state index is 11.8. The number of rotatable bonds is 2. The van der Waals surface area contributed by atoms with Crippen LogP contribution in [0.15, 0.2) is 18.7 Å². The zero-order valence-corrected chi connectivity index (χ0v) is 10.2. The molecule has 1 aromatic rings. The predicted molar refractivity (Wildman–Crippen MR) is 65.7 cm³/mol. The number of nitrogens with zero attached hydrogens (tertiary/aromatic N) is 2. The van der Waals surface area contributed by atoms with E-state index >= 15 is 0 Å².